The fraction of sp³-hybridized carbons (Fsp3) is 0.857. The second kappa shape index (κ2) is 8.11. The summed E-state index contributed by atoms with van der Waals surface area (Å²) < 4.78 is 10.3. The normalized spacial score (nSPS) is 22.1. The number of ether oxygens (including phenoxy) is 2. The van der Waals surface area contributed by atoms with Crippen molar-refractivity contribution in [3.05, 3.63) is 0 Å². The van der Waals surface area contributed by atoms with Gasteiger partial charge < -0.3 is 9.47 Å². The molecule has 1 aliphatic rings. The molecule has 1 fully saturated rings. The summed E-state index contributed by atoms with van der Waals surface area (Å²) in [7, 11) is 0. The molecule has 0 amide bonds. The maximum Gasteiger partial charge on any atom is 0.309 e. The molecule has 1 rings (SSSR count). The molecule has 0 N–H and O–H groups in total. The summed E-state index contributed by atoms with van der Waals surface area (Å²) in [6.45, 7) is 5.02. The van der Waals surface area contributed by atoms with Gasteiger partial charge in [-0.1, -0.05) is 26.7 Å². The average molecular weight is 256 g/mol. The maximum absolute atomic E-state index is 11.7. The maximum atomic E-state index is 11.7. The number of hydrogen-bond acceptors (Lipinski definition) is 4. The Bertz CT molecular complexity index is 247. The first-order chi connectivity index (χ1) is 8.70. The average Bonchev–Trinajstić information content (AvgIpc) is 2.28. The Kier molecular flexibility index (Phi) is 6.76. The first-order valence-corrected chi connectivity index (χ1v) is 7.04. The van der Waals surface area contributed by atoms with E-state index in [1.54, 1.807) is 0 Å². The van der Waals surface area contributed by atoms with Gasteiger partial charge >= 0.3 is 11.9 Å². The quantitative estimate of drug-likeness (QED) is 0.495. The minimum atomic E-state index is -0.268. The van der Waals surface area contributed by atoms with E-state index in [-0.39, 0.29) is 23.8 Å². The molecule has 4 nitrogen and oxygen atoms in total. The molecule has 0 bridgehead atoms. The zero-order valence-corrected chi connectivity index (χ0v) is 11.4. The summed E-state index contributed by atoms with van der Waals surface area (Å²) in [5, 5.41) is 0. The number of esters is 2. The summed E-state index contributed by atoms with van der Waals surface area (Å²) >= 11 is 0. The molecule has 1 aliphatic carbocycles. The molecule has 0 aliphatic heterocycles. The molecule has 2 unspecified atom stereocenters. The van der Waals surface area contributed by atoms with Gasteiger partial charge in [-0.25, -0.2) is 0 Å². The molecule has 0 radical (unpaired) electrons. The van der Waals surface area contributed by atoms with Crippen molar-refractivity contribution in [2.45, 2.75) is 52.4 Å². The zero-order valence-electron chi connectivity index (χ0n) is 11.4. The van der Waals surface area contributed by atoms with Crippen LogP contribution in [0.3, 0.4) is 0 Å². The SMILES string of the molecule is CCCCOC(=O)C1CCC1C(=O)OCCCC. The van der Waals surface area contributed by atoms with E-state index in [4.69, 9.17) is 9.47 Å². The topological polar surface area (TPSA) is 52.6 Å². The lowest BCUT2D eigenvalue weighted by Crippen LogP contribution is -2.40. The largest absolute Gasteiger partial charge is 0.465 e. The Morgan fingerprint density at radius 2 is 1.28 bits per heavy atom. The third kappa shape index (κ3) is 4.31. The highest BCUT2D eigenvalue weighted by atomic mass is 16.5. The highest BCUT2D eigenvalue weighted by Gasteiger charge is 2.43. The van der Waals surface area contributed by atoms with E-state index in [1.165, 1.54) is 0 Å². The van der Waals surface area contributed by atoms with Crippen molar-refractivity contribution in [1.82, 2.24) is 0 Å². The summed E-state index contributed by atoms with van der Waals surface area (Å²) in [4.78, 5) is 23.4. The molecule has 0 aromatic heterocycles. The first kappa shape index (κ1) is 15.0. The van der Waals surface area contributed by atoms with Crippen molar-refractivity contribution in [3.8, 4) is 0 Å². The lowest BCUT2D eigenvalue weighted by atomic mass is 9.73. The highest BCUT2D eigenvalue weighted by Crippen LogP contribution is 2.36. The molecule has 18 heavy (non-hydrogen) atoms. The van der Waals surface area contributed by atoms with E-state index in [1.807, 2.05) is 13.8 Å². The molecular formula is C14H24O4. The minimum Gasteiger partial charge on any atom is -0.465 e. The summed E-state index contributed by atoms with van der Waals surface area (Å²) in [5.74, 6) is -0.994. The molecule has 2 atom stereocenters. The zero-order chi connectivity index (χ0) is 13.4. The lowest BCUT2D eigenvalue weighted by Gasteiger charge is -2.32. The highest BCUT2D eigenvalue weighted by molar-refractivity contribution is 5.83. The number of carbonyl (C=O) groups excluding carboxylic acids is 2. The van der Waals surface area contributed by atoms with E-state index < -0.39 is 0 Å². The number of carbonyl (C=O) groups is 2. The van der Waals surface area contributed by atoms with E-state index in [9.17, 15) is 9.59 Å². The minimum absolute atomic E-state index is 0.229. The van der Waals surface area contributed by atoms with Crippen molar-refractivity contribution >= 4 is 11.9 Å². The van der Waals surface area contributed by atoms with E-state index in [0.717, 1.165) is 38.5 Å². The predicted octanol–water partition coefficient (Wildman–Crippen LogP) is 2.70. The van der Waals surface area contributed by atoms with Gasteiger partial charge in [0, 0.05) is 0 Å². The van der Waals surface area contributed by atoms with Crippen LogP contribution in [0.25, 0.3) is 0 Å². The van der Waals surface area contributed by atoms with Crippen LogP contribution in [0.1, 0.15) is 52.4 Å². The van der Waals surface area contributed by atoms with Crippen molar-refractivity contribution in [1.29, 1.82) is 0 Å². The molecular weight excluding hydrogens is 232 g/mol. The molecule has 0 aromatic carbocycles. The number of unbranched alkanes of at least 4 members (excludes halogenated alkanes) is 2. The van der Waals surface area contributed by atoms with Crippen LogP contribution < -0.4 is 0 Å². The third-order valence-corrected chi connectivity index (χ3v) is 3.36. The Labute approximate surface area is 109 Å². The fourth-order valence-electron chi connectivity index (χ4n) is 1.91. The van der Waals surface area contributed by atoms with Crippen LogP contribution in [0.4, 0.5) is 0 Å². The Balaban J connectivity index is 2.26. The standard InChI is InChI=1S/C14H24O4/c1-3-5-9-17-13(15)11-7-8-12(11)14(16)18-10-6-4-2/h11-12H,3-10H2,1-2H3. The molecule has 1 saturated carbocycles. The van der Waals surface area contributed by atoms with Gasteiger partial charge in [0.1, 0.15) is 0 Å². The van der Waals surface area contributed by atoms with Crippen molar-refractivity contribution in [3.63, 3.8) is 0 Å². The summed E-state index contributed by atoms with van der Waals surface area (Å²) in [6, 6.07) is 0. The molecule has 104 valence electrons. The smallest absolute Gasteiger partial charge is 0.309 e. The van der Waals surface area contributed by atoms with Crippen LogP contribution in [0, 0.1) is 11.8 Å². The third-order valence-electron chi connectivity index (χ3n) is 3.36. The van der Waals surface area contributed by atoms with E-state index >= 15 is 0 Å². The van der Waals surface area contributed by atoms with E-state index in [0.29, 0.717) is 13.2 Å². The summed E-state index contributed by atoms with van der Waals surface area (Å²) in [6.07, 6.45) is 5.26. The van der Waals surface area contributed by atoms with Crippen molar-refractivity contribution in [2.24, 2.45) is 11.8 Å². The predicted molar refractivity (Wildman–Crippen MR) is 67.9 cm³/mol. The first-order valence-electron chi connectivity index (χ1n) is 7.04. The van der Waals surface area contributed by atoms with Crippen LogP contribution in [-0.2, 0) is 19.1 Å². The van der Waals surface area contributed by atoms with E-state index in [2.05, 4.69) is 0 Å². The van der Waals surface area contributed by atoms with Crippen molar-refractivity contribution < 1.29 is 19.1 Å². The Morgan fingerprint density at radius 1 is 0.889 bits per heavy atom. The molecule has 0 aromatic rings. The van der Waals surface area contributed by atoms with Gasteiger partial charge in [0.15, 0.2) is 0 Å². The molecule has 4 heteroatoms. The second-order valence-corrected chi connectivity index (χ2v) is 4.83. The Hall–Kier alpha value is -1.06. The van der Waals surface area contributed by atoms with Crippen LogP contribution in [0.2, 0.25) is 0 Å². The summed E-state index contributed by atoms with van der Waals surface area (Å²) in [5.41, 5.74) is 0. The van der Waals surface area contributed by atoms with Crippen LogP contribution in [0.15, 0.2) is 0 Å². The monoisotopic (exact) mass is 256 g/mol. The van der Waals surface area contributed by atoms with Crippen LogP contribution >= 0.6 is 0 Å². The number of hydrogen-bond donors (Lipinski definition) is 0. The Morgan fingerprint density at radius 3 is 1.56 bits per heavy atom. The van der Waals surface area contributed by atoms with Crippen LogP contribution in [0.5, 0.6) is 0 Å². The molecule has 0 saturated heterocycles. The van der Waals surface area contributed by atoms with Gasteiger partial charge in [-0.3, -0.25) is 9.59 Å². The molecule has 0 heterocycles. The lowest BCUT2D eigenvalue weighted by molar-refractivity contribution is -0.167. The second-order valence-electron chi connectivity index (χ2n) is 4.83. The fourth-order valence-corrected chi connectivity index (χ4v) is 1.91. The van der Waals surface area contributed by atoms with Gasteiger partial charge in [0.25, 0.3) is 0 Å². The number of rotatable bonds is 8. The molecule has 0 spiro atoms. The van der Waals surface area contributed by atoms with Crippen LogP contribution in [-0.4, -0.2) is 25.2 Å². The van der Waals surface area contributed by atoms with Gasteiger partial charge in [-0.05, 0) is 25.7 Å². The van der Waals surface area contributed by atoms with Crippen molar-refractivity contribution in [2.75, 3.05) is 13.2 Å². The van der Waals surface area contributed by atoms with Gasteiger partial charge in [0.05, 0.1) is 25.0 Å². The van der Waals surface area contributed by atoms with Gasteiger partial charge in [0.2, 0.25) is 0 Å². The van der Waals surface area contributed by atoms with Gasteiger partial charge in [-0.2, -0.15) is 0 Å². The van der Waals surface area contributed by atoms with Gasteiger partial charge in [-0.15, -0.1) is 0 Å².